The predicted octanol–water partition coefficient (Wildman–Crippen LogP) is 1.86. The van der Waals surface area contributed by atoms with Crippen molar-refractivity contribution < 1.29 is 9.18 Å². The van der Waals surface area contributed by atoms with E-state index in [1.54, 1.807) is 23.0 Å². The minimum absolute atomic E-state index is 0.0783. The largest absolute Gasteiger partial charge is 0.312 e. The monoisotopic (exact) mass is 265 g/mol. The van der Waals surface area contributed by atoms with Crippen LogP contribution in [-0.2, 0) is 18.3 Å². The number of ketones is 1. The number of rotatable bonds is 5. The minimum atomic E-state index is -0.292. The number of thioether (sulfide) groups is 1. The second-order valence-electron chi connectivity index (χ2n) is 3.86. The molecule has 0 radical (unpaired) electrons. The lowest BCUT2D eigenvalue weighted by Gasteiger charge is -2.01. The normalized spacial score (nSPS) is 10.6. The Labute approximate surface area is 108 Å². The lowest BCUT2D eigenvalue weighted by Crippen LogP contribution is -2.06. The number of aromatic nitrogens is 3. The number of hydrogen-bond acceptors (Lipinski definition) is 4. The van der Waals surface area contributed by atoms with E-state index in [-0.39, 0.29) is 11.6 Å². The number of hydrogen-bond donors (Lipinski definition) is 0. The molecule has 0 saturated carbocycles. The highest BCUT2D eigenvalue weighted by atomic mass is 32.2. The van der Waals surface area contributed by atoms with E-state index in [1.165, 1.54) is 23.9 Å². The molecule has 0 atom stereocenters. The SMILES string of the molecule is Cn1cnnc1SCC(=O)Cc1ccc(F)cc1. The molecular weight excluding hydrogens is 253 g/mol. The third-order valence-electron chi connectivity index (χ3n) is 2.35. The van der Waals surface area contributed by atoms with Crippen molar-refractivity contribution in [3.8, 4) is 0 Å². The van der Waals surface area contributed by atoms with E-state index < -0.39 is 0 Å². The molecule has 18 heavy (non-hydrogen) atoms. The second kappa shape index (κ2) is 5.77. The average Bonchev–Trinajstić information content (AvgIpc) is 2.75. The van der Waals surface area contributed by atoms with Crippen LogP contribution in [0.3, 0.4) is 0 Å². The number of carbonyl (C=O) groups is 1. The molecule has 0 bridgehead atoms. The number of aryl methyl sites for hydroxylation is 1. The molecule has 0 N–H and O–H groups in total. The molecule has 6 heteroatoms. The molecule has 0 aliphatic heterocycles. The van der Waals surface area contributed by atoms with Gasteiger partial charge in [-0.1, -0.05) is 23.9 Å². The minimum Gasteiger partial charge on any atom is -0.312 e. The van der Waals surface area contributed by atoms with Gasteiger partial charge in [-0.15, -0.1) is 10.2 Å². The molecule has 1 aromatic heterocycles. The Balaban J connectivity index is 1.86. The van der Waals surface area contributed by atoms with Crippen LogP contribution in [0.25, 0.3) is 0 Å². The summed E-state index contributed by atoms with van der Waals surface area (Å²) in [5.74, 6) is 0.124. The summed E-state index contributed by atoms with van der Waals surface area (Å²) in [6.45, 7) is 0. The van der Waals surface area contributed by atoms with Crippen molar-refractivity contribution in [1.29, 1.82) is 0 Å². The maximum atomic E-state index is 12.7. The Kier molecular flexibility index (Phi) is 4.09. The first kappa shape index (κ1) is 12.8. The van der Waals surface area contributed by atoms with Crippen molar-refractivity contribution in [2.45, 2.75) is 11.6 Å². The van der Waals surface area contributed by atoms with E-state index in [2.05, 4.69) is 10.2 Å². The van der Waals surface area contributed by atoms with E-state index in [0.29, 0.717) is 17.3 Å². The highest BCUT2D eigenvalue weighted by molar-refractivity contribution is 7.99. The molecule has 0 saturated heterocycles. The van der Waals surface area contributed by atoms with Crippen molar-refractivity contribution in [3.05, 3.63) is 42.0 Å². The molecule has 0 aliphatic carbocycles. The lowest BCUT2D eigenvalue weighted by atomic mass is 10.1. The average molecular weight is 265 g/mol. The predicted molar refractivity (Wildman–Crippen MR) is 66.8 cm³/mol. The van der Waals surface area contributed by atoms with Crippen LogP contribution in [0.1, 0.15) is 5.56 Å². The molecule has 1 aromatic carbocycles. The smallest absolute Gasteiger partial charge is 0.191 e. The number of halogens is 1. The highest BCUT2D eigenvalue weighted by Crippen LogP contribution is 2.14. The van der Waals surface area contributed by atoms with Gasteiger partial charge in [0.2, 0.25) is 0 Å². The molecule has 1 heterocycles. The van der Waals surface area contributed by atoms with Crippen LogP contribution in [0.15, 0.2) is 35.7 Å². The summed E-state index contributed by atoms with van der Waals surface area (Å²) in [5, 5.41) is 8.32. The van der Waals surface area contributed by atoms with Crippen molar-refractivity contribution in [1.82, 2.24) is 14.8 Å². The molecule has 2 aromatic rings. The van der Waals surface area contributed by atoms with E-state index in [4.69, 9.17) is 0 Å². The Morgan fingerprint density at radius 2 is 2.11 bits per heavy atom. The van der Waals surface area contributed by atoms with Gasteiger partial charge in [0.05, 0.1) is 5.75 Å². The molecular formula is C12H12FN3OS. The van der Waals surface area contributed by atoms with Gasteiger partial charge in [-0.2, -0.15) is 0 Å². The third-order valence-corrected chi connectivity index (χ3v) is 3.44. The number of carbonyl (C=O) groups excluding carboxylic acids is 1. The zero-order chi connectivity index (χ0) is 13.0. The Morgan fingerprint density at radius 3 is 2.72 bits per heavy atom. The number of benzene rings is 1. The van der Waals surface area contributed by atoms with E-state index in [9.17, 15) is 9.18 Å². The van der Waals surface area contributed by atoms with Gasteiger partial charge in [0.1, 0.15) is 17.9 Å². The van der Waals surface area contributed by atoms with Gasteiger partial charge in [0.15, 0.2) is 5.16 Å². The molecule has 0 fully saturated rings. The van der Waals surface area contributed by atoms with Gasteiger partial charge in [-0.25, -0.2) is 4.39 Å². The van der Waals surface area contributed by atoms with Crippen molar-refractivity contribution in [2.75, 3.05) is 5.75 Å². The molecule has 0 amide bonds. The van der Waals surface area contributed by atoms with Crippen LogP contribution in [0.4, 0.5) is 4.39 Å². The van der Waals surface area contributed by atoms with Crippen molar-refractivity contribution >= 4 is 17.5 Å². The molecule has 2 rings (SSSR count). The first-order valence-corrected chi connectivity index (χ1v) is 6.36. The van der Waals surface area contributed by atoms with E-state index in [1.807, 2.05) is 7.05 Å². The van der Waals surface area contributed by atoms with Crippen LogP contribution < -0.4 is 0 Å². The maximum absolute atomic E-state index is 12.7. The van der Waals surface area contributed by atoms with Crippen molar-refractivity contribution in [2.24, 2.45) is 7.05 Å². The van der Waals surface area contributed by atoms with Crippen LogP contribution in [-0.4, -0.2) is 26.3 Å². The molecule has 4 nitrogen and oxygen atoms in total. The van der Waals surface area contributed by atoms with Gasteiger partial charge in [0, 0.05) is 13.5 Å². The van der Waals surface area contributed by atoms with Crippen molar-refractivity contribution in [3.63, 3.8) is 0 Å². The Morgan fingerprint density at radius 1 is 1.39 bits per heavy atom. The standard InChI is InChI=1S/C12H12FN3OS/c1-16-8-14-15-12(16)18-7-11(17)6-9-2-4-10(13)5-3-9/h2-5,8H,6-7H2,1H3. The van der Waals surface area contributed by atoms with E-state index in [0.717, 1.165) is 5.56 Å². The quantitative estimate of drug-likeness (QED) is 0.774. The first-order valence-electron chi connectivity index (χ1n) is 5.38. The highest BCUT2D eigenvalue weighted by Gasteiger charge is 2.08. The molecule has 0 unspecified atom stereocenters. The fourth-order valence-electron chi connectivity index (χ4n) is 1.43. The molecule has 94 valence electrons. The maximum Gasteiger partial charge on any atom is 0.191 e. The second-order valence-corrected chi connectivity index (χ2v) is 4.80. The van der Waals surface area contributed by atoms with Crippen LogP contribution in [0.2, 0.25) is 0 Å². The Bertz CT molecular complexity index is 539. The Hall–Kier alpha value is -1.69. The summed E-state index contributed by atoms with van der Waals surface area (Å²) >= 11 is 1.35. The first-order chi connectivity index (χ1) is 8.65. The van der Waals surface area contributed by atoms with Crippen LogP contribution in [0.5, 0.6) is 0 Å². The van der Waals surface area contributed by atoms with Gasteiger partial charge in [0.25, 0.3) is 0 Å². The summed E-state index contributed by atoms with van der Waals surface area (Å²) in [5.41, 5.74) is 0.819. The lowest BCUT2D eigenvalue weighted by molar-refractivity contribution is -0.116. The summed E-state index contributed by atoms with van der Waals surface area (Å²) in [4.78, 5) is 11.7. The van der Waals surface area contributed by atoms with Gasteiger partial charge < -0.3 is 4.57 Å². The zero-order valence-corrected chi connectivity index (χ0v) is 10.7. The summed E-state index contributed by atoms with van der Waals surface area (Å²) in [6.07, 6.45) is 1.90. The molecule has 0 aliphatic rings. The zero-order valence-electron chi connectivity index (χ0n) is 9.84. The van der Waals surface area contributed by atoms with Crippen LogP contribution in [0, 0.1) is 5.82 Å². The third kappa shape index (κ3) is 3.40. The summed E-state index contributed by atoms with van der Waals surface area (Å²) in [6, 6.07) is 5.97. The van der Waals surface area contributed by atoms with Gasteiger partial charge >= 0.3 is 0 Å². The summed E-state index contributed by atoms with van der Waals surface area (Å²) in [7, 11) is 1.83. The molecule has 0 spiro atoms. The summed E-state index contributed by atoms with van der Waals surface area (Å²) < 4.78 is 14.5. The van der Waals surface area contributed by atoms with Gasteiger partial charge in [-0.05, 0) is 17.7 Å². The fourth-order valence-corrected chi connectivity index (χ4v) is 2.18. The van der Waals surface area contributed by atoms with Crippen LogP contribution >= 0.6 is 11.8 Å². The van der Waals surface area contributed by atoms with E-state index >= 15 is 0 Å². The topological polar surface area (TPSA) is 47.8 Å². The number of nitrogens with zero attached hydrogens (tertiary/aromatic N) is 3. The fraction of sp³-hybridized carbons (Fsp3) is 0.250. The number of Topliss-reactive ketones (excluding diaryl/α,β-unsaturated/α-hetero) is 1. The van der Waals surface area contributed by atoms with Gasteiger partial charge in [-0.3, -0.25) is 4.79 Å².